The molecule has 0 radical (unpaired) electrons. The van der Waals surface area contributed by atoms with E-state index in [0.717, 1.165) is 18.7 Å². The Bertz CT molecular complexity index is 586. The van der Waals surface area contributed by atoms with Gasteiger partial charge in [-0.1, -0.05) is 6.92 Å². The van der Waals surface area contributed by atoms with Crippen molar-refractivity contribution in [3.63, 3.8) is 0 Å². The molecule has 18 heavy (non-hydrogen) atoms. The van der Waals surface area contributed by atoms with E-state index in [1.807, 2.05) is 10.8 Å². The number of H-pyrrole nitrogens is 1. The number of pyridine rings is 1. The van der Waals surface area contributed by atoms with Crippen molar-refractivity contribution < 1.29 is 5.11 Å². The minimum Gasteiger partial charge on any atom is -0.380 e. The van der Waals surface area contributed by atoms with Crippen LogP contribution in [0.4, 0.5) is 0 Å². The molecular formula is C13H17N3O2. The van der Waals surface area contributed by atoms with Crippen molar-refractivity contribution in [1.29, 1.82) is 0 Å². The summed E-state index contributed by atoms with van der Waals surface area (Å²) in [7, 11) is 0. The van der Waals surface area contributed by atoms with Crippen molar-refractivity contribution in [3.8, 4) is 0 Å². The van der Waals surface area contributed by atoms with Crippen molar-refractivity contribution in [3.05, 3.63) is 52.0 Å². The molecule has 2 heterocycles. The zero-order chi connectivity index (χ0) is 13.1. The third-order valence-electron chi connectivity index (χ3n) is 2.84. The molecule has 1 atom stereocenters. The molecular weight excluding hydrogens is 230 g/mol. The number of imidazole rings is 1. The first-order valence-corrected chi connectivity index (χ1v) is 6.01. The largest absolute Gasteiger partial charge is 0.380 e. The Morgan fingerprint density at radius 2 is 2.33 bits per heavy atom. The molecule has 0 bridgehead atoms. The molecule has 0 saturated carbocycles. The van der Waals surface area contributed by atoms with E-state index < -0.39 is 6.10 Å². The van der Waals surface area contributed by atoms with Crippen LogP contribution in [0.25, 0.3) is 0 Å². The SMILES string of the molecule is CCCn1ccnc1C(O)c1c[nH]c(C)cc1=O. The van der Waals surface area contributed by atoms with E-state index in [9.17, 15) is 9.90 Å². The number of aliphatic hydroxyl groups excluding tert-OH is 1. The second-order valence-electron chi connectivity index (χ2n) is 4.32. The quantitative estimate of drug-likeness (QED) is 0.857. The van der Waals surface area contributed by atoms with Gasteiger partial charge in [-0.05, 0) is 13.3 Å². The molecule has 1 unspecified atom stereocenters. The van der Waals surface area contributed by atoms with Gasteiger partial charge < -0.3 is 14.7 Å². The molecule has 0 spiro atoms. The van der Waals surface area contributed by atoms with Crippen molar-refractivity contribution in [2.24, 2.45) is 0 Å². The molecule has 2 N–H and O–H groups in total. The van der Waals surface area contributed by atoms with E-state index >= 15 is 0 Å². The van der Waals surface area contributed by atoms with Crippen LogP contribution in [0.2, 0.25) is 0 Å². The molecule has 96 valence electrons. The second kappa shape index (κ2) is 5.18. The third kappa shape index (κ3) is 2.36. The van der Waals surface area contributed by atoms with Crippen LogP contribution >= 0.6 is 0 Å². The molecule has 0 amide bonds. The standard InChI is InChI=1S/C13H17N3O2/c1-3-5-16-6-4-14-13(16)12(18)10-8-15-9(2)7-11(10)17/h4,6-8,12,18H,3,5H2,1-2H3,(H,15,17). The van der Waals surface area contributed by atoms with Gasteiger partial charge in [-0.3, -0.25) is 4.79 Å². The molecule has 0 fully saturated rings. The highest BCUT2D eigenvalue weighted by molar-refractivity contribution is 5.21. The van der Waals surface area contributed by atoms with Crippen molar-refractivity contribution in [1.82, 2.24) is 14.5 Å². The number of rotatable bonds is 4. The third-order valence-corrected chi connectivity index (χ3v) is 2.84. The number of aliphatic hydroxyl groups is 1. The average molecular weight is 247 g/mol. The van der Waals surface area contributed by atoms with Crippen LogP contribution in [0.15, 0.2) is 29.5 Å². The maximum Gasteiger partial charge on any atom is 0.188 e. The number of nitrogens with one attached hydrogen (secondary N) is 1. The van der Waals surface area contributed by atoms with Crippen LogP contribution in [0.5, 0.6) is 0 Å². The molecule has 0 saturated heterocycles. The summed E-state index contributed by atoms with van der Waals surface area (Å²) >= 11 is 0. The summed E-state index contributed by atoms with van der Waals surface area (Å²) < 4.78 is 1.87. The smallest absolute Gasteiger partial charge is 0.188 e. The zero-order valence-corrected chi connectivity index (χ0v) is 10.6. The summed E-state index contributed by atoms with van der Waals surface area (Å²) in [6.07, 6.45) is 4.95. The summed E-state index contributed by atoms with van der Waals surface area (Å²) in [6, 6.07) is 1.48. The minimum atomic E-state index is -0.990. The van der Waals surface area contributed by atoms with Gasteiger partial charge in [0.15, 0.2) is 5.43 Å². The fourth-order valence-corrected chi connectivity index (χ4v) is 1.94. The molecule has 5 nitrogen and oxygen atoms in total. The van der Waals surface area contributed by atoms with E-state index in [-0.39, 0.29) is 5.43 Å². The number of aromatic nitrogens is 3. The number of nitrogens with zero attached hydrogens (tertiary/aromatic N) is 2. The van der Waals surface area contributed by atoms with Crippen LogP contribution in [0.1, 0.15) is 36.5 Å². The summed E-state index contributed by atoms with van der Waals surface area (Å²) in [5.74, 6) is 0.506. The Morgan fingerprint density at radius 3 is 3.00 bits per heavy atom. The van der Waals surface area contributed by atoms with Gasteiger partial charge in [-0.15, -0.1) is 0 Å². The predicted molar refractivity (Wildman–Crippen MR) is 68.4 cm³/mol. The van der Waals surface area contributed by atoms with Gasteiger partial charge in [-0.25, -0.2) is 4.98 Å². The topological polar surface area (TPSA) is 70.9 Å². The normalized spacial score (nSPS) is 12.6. The Labute approximate surface area is 105 Å². The van der Waals surface area contributed by atoms with E-state index in [2.05, 4.69) is 16.9 Å². The fourth-order valence-electron chi connectivity index (χ4n) is 1.94. The Kier molecular flexibility index (Phi) is 3.62. The van der Waals surface area contributed by atoms with Crippen LogP contribution in [0.3, 0.4) is 0 Å². The molecule has 0 aromatic carbocycles. The van der Waals surface area contributed by atoms with Crippen LogP contribution in [-0.2, 0) is 6.54 Å². The van der Waals surface area contributed by atoms with Crippen molar-refractivity contribution >= 4 is 0 Å². The van der Waals surface area contributed by atoms with E-state index in [1.165, 1.54) is 6.07 Å². The first kappa shape index (κ1) is 12.6. The van der Waals surface area contributed by atoms with Crippen molar-refractivity contribution in [2.75, 3.05) is 0 Å². The lowest BCUT2D eigenvalue weighted by molar-refractivity contribution is 0.202. The highest BCUT2D eigenvalue weighted by Gasteiger charge is 2.18. The lowest BCUT2D eigenvalue weighted by atomic mass is 10.1. The fraction of sp³-hybridized carbons (Fsp3) is 0.385. The van der Waals surface area contributed by atoms with Crippen LogP contribution < -0.4 is 5.43 Å². The lowest BCUT2D eigenvalue weighted by Gasteiger charge is -2.12. The van der Waals surface area contributed by atoms with Gasteiger partial charge in [0.1, 0.15) is 11.9 Å². The number of hydrogen-bond acceptors (Lipinski definition) is 3. The molecule has 5 heteroatoms. The monoisotopic (exact) mass is 247 g/mol. The number of hydrogen-bond donors (Lipinski definition) is 2. The average Bonchev–Trinajstić information content (AvgIpc) is 2.77. The zero-order valence-electron chi connectivity index (χ0n) is 10.6. The maximum absolute atomic E-state index is 11.8. The minimum absolute atomic E-state index is 0.176. The van der Waals surface area contributed by atoms with E-state index in [0.29, 0.717) is 11.4 Å². The molecule has 2 aromatic rings. The van der Waals surface area contributed by atoms with Crippen molar-refractivity contribution in [2.45, 2.75) is 32.9 Å². The Balaban J connectivity index is 2.38. The lowest BCUT2D eigenvalue weighted by Crippen LogP contribution is -2.18. The van der Waals surface area contributed by atoms with E-state index in [4.69, 9.17) is 0 Å². The van der Waals surface area contributed by atoms with Gasteiger partial charge in [0.2, 0.25) is 0 Å². The van der Waals surface area contributed by atoms with Gasteiger partial charge in [-0.2, -0.15) is 0 Å². The molecule has 2 rings (SSSR count). The van der Waals surface area contributed by atoms with Gasteiger partial charge in [0, 0.05) is 36.9 Å². The first-order chi connectivity index (χ1) is 8.63. The Hall–Kier alpha value is -1.88. The summed E-state index contributed by atoms with van der Waals surface area (Å²) in [5.41, 5.74) is 0.918. The van der Waals surface area contributed by atoms with Crippen LogP contribution in [-0.4, -0.2) is 19.6 Å². The highest BCUT2D eigenvalue weighted by atomic mass is 16.3. The summed E-state index contributed by atoms with van der Waals surface area (Å²) in [6.45, 7) is 4.63. The molecule has 0 aliphatic rings. The van der Waals surface area contributed by atoms with E-state index in [1.54, 1.807) is 19.3 Å². The molecule has 0 aliphatic heterocycles. The summed E-state index contributed by atoms with van der Waals surface area (Å²) in [5, 5.41) is 10.3. The van der Waals surface area contributed by atoms with Gasteiger partial charge >= 0.3 is 0 Å². The number of aromatic amines is 1. The summed E-state index contributed by atoms with van der Waals surface area (Å²) in [4.78, 5) is 18.9. The predicted octanol–water partition coefficient (Wildman–Crippen LogP) is 1.37. The maximum atomic E-state index is 11.8. The van der Waals surface area contributed by atoms with Gasteiger partial charge in [0.05, 0.1) is 5.56 Å². The van der Waals surface area contributed by atoms with Crippen LogP contribution in [0, 0.1) is 6.92 Å². The molecule has 0 aliphatic carbocycles. The Morgan fingerprint density at radius 1 is 1.56 bits per heavy atom. The first-order valence-electron chi connectivity index (χ1n) is 6.01. The number of aryl methyl sites for hydroxylation is 2. The highest BCUT2D eigenvalue weighted by Crippen LogP contribution is 2.17. The second-order valence-corrected chi connectivity index (χ2v) is 4.32. The van der Waals surface area contributed by atoms with Gasteiger partial charge in [0.25, 0.3) is 0 Å². The molecule has 2 aromatic heterocycles.